The predicted molar refractivity (Wildman–Crippen MR) is 87.5 cm³/mol. The van der Waals surface area contributed by atoms with E-state index in [4.69, 9.17) is 0 Å². The lowest BCUT2D eigenvalue weighted by Crippen LogP contribution is -2.33. The molecule has 110 valence electrons. The van der Waals surface area contributed by atoms with E-state index in [0.717, 1.165) is 0 Å². The molecule has 0 spiro atoms. The number of rotatable bonds is 3. The molecule has 0 aromatic heterocycles. The van der Waals surface area contributed by atoms with Gasteiger partial charge in [-0.15, -0.1) is 0 Å². The molecule has 0 amide bonds. The lowest BCUT2D eigenvalue weighted by Gasteiger charge is -2.34. The maximum absolute atomic E-state index is 3.86. The van der Waals surface area contributed by atoms with Gasteiger partial charge in [-0.1, -0.05) is 32.4 Å². The van der Waals surface area contributed by atoms with Gasteiger partial charge in [-0.2, -0.15) is 0 Å². The minimum atomic E-state index is 0.426. The van der Waals surface area contributed by atoms with E-state index in [1.165, 1.54) is 63.0 Å². The Balaban J connectivity index is 1.79. The highest BCUT2D eigenvalue weighted by Crippen LogP contribution is 2.40. The van der Waals surface area contributed by atoms with Crippen LogP contribution in [0.5, 0.6) is 0 Å². The zero-order chi connectivity index (χ0) is 14.0. The minimum Gasteiger partial charge on any atom is -0.380 e. The molecule has 1 saturated heterocycles. The van der Waals surface area contributed by atoms with Gasteiger partial charge in [0.05, 0.1) is 11.4 Å². The summed E-state index contributed by atoms with van der Waals surface area (Å²) in [5.74, 6) is 0. The first kappa shape index (κ1) is 13.8. The molecule has 1 aliphatic carbocycles. The summed E-state index contributed by atoms with van der Waals surface area (Å²) in [7, 11) is 0. The Morgan fingerprint density at radius 1 is 1.05 bits per heavy atom. The van der Waals surface area contributed by atoms with Gasteiger partial charge in [0.15, 0.2) is 0 Å². The van der Waals surface area contributed by atoms with Crippen LogP contribution in [0.2, 0.25) is 0 Å². The van der Waals surface area contributed by atoms with Crippen molar-refractivity contribution < 1.29 is 0 Å². The van der Waals surface area contributed by atoms with Crippen molar-refractivity contribution in [1.29, 1.82) is 0 Å². The van der Waals surface area contributed by atoms with Crippen molar-refractivity contribution in [2.75, 3.05) is 23.3 Å². The van der Waals surface area contributed by atoms with Crippen LogP contribution in [0, 0.1) is 5.41 Å². The Hall–Kier alpha value is -1.18. The Morgan fingerprint density at radius 2 is 1.80 bits per heavy atom. The van der Waals surface area contributed by atoms with Crippen molar-refractivity contribution in [3.05, 3.63) is 24.3 Å². The van der Waals surface area contributed by atoms with Crippen molar-refractivity contribution in [3.63, 3.8) is 0 Å². The number of hydrogen-bond acceptors (Lipinski definition) is 2. The molecule has 1 N–H and O–H groups in total. The van der Waals surface area contributed by atoms with Gasteiger partial charge in [-0.05, 0) is 49.7 Å². The quantitative estimate of drug-likeness (QED) is 0.860. The van der Waals surface area contributed by atoms with Gasteiger partial charge < -0.3 is 10.2 Å². The lowest BCUT2D eigenvalue weighted by molar-refractivity contribution is 0.350. The number of anilines is 2. The van der Waals surface area contributed by atoms with Crippen molar-refractivity contribution >= 4 is 11.4 Å². The largest absolute Gasteiger partial charge is 0.380 e. The number of nitrogens with zero attached hydrogens (tertiary/aromatic N) is 1. The van der Waals surface area contributed by atoms with E-state index < -0.39 is 0 Å². The molecule has 2 fully saturated rings. The summed E-state index contributed by atoms with van der Waals surface area (Å²) in [5.41, 5.74) is 3.18. The molecule has 1 heterocycles. The first-order chi connectivity index (χ1) is 9.67. The Morgan fingerprint density at radius 3 is 2.50 bits per heavy atom. The van der Waals surface area contributed by atoms with Gasteiger partial charge in [0.2, 0.25) is 0 Å². The molecule has 2 aliphatic rings. The molecule has 2 nitrogen and oxygen atoms in total. The number of hydrogen-bond donors (Lipinski definition) is 1. The molecule has 1 aromatic rings. The average Bonchev–Trinajstić information content (AvgIpc) is 2.80. The summed E-state index contributed by atoms with van der Waals surface area (Å²) in [4.78, 5) is 2.56. The third-order valence-electron chi connectivity index (χ3n) is 5.19. The van der Waals surface area contributed by atoms with Crippen LogP contribution in [0.25, 0.3) is 0 Å². The van der Waals surface area contributed by atoms with Gasteiger partial charge in [0.1, 0.15) is 0 Å². The van der Waals surface area contributed by atoms with Gasteiger partial charge >= 0.3 is 0 Å². The molecular formula is C18H28N2. The SMILES string of the molecule is CC1(C)CCCC1Nc1ccccc1N1CCCCC1. The second-order valence-corrected chi connectivity index (χ2v) is 7.14. The molecule has 0 bridgehead atoms. The van der Waals surface area contributed by atoms with Crippen LogP contribution in [0.4, 0.5) is 11.4 Å². The predicted octanol–water partition coefficient (Wildman–Crippen LogP) is 4.67. The van der Waals surface area contributed by atoms with Crippen LogP contribution in [-0.4, -0.2) is 19.1 Å². The Kier molecular flexibility index (Phi) is 3.91. The van der Waals surface area contributed by atoms with Crippen molar-refractivity contribution in [3.8, 4) is 0 Å². The fraction of sp³-hybridized carbons (Fsp3) is 0.667. The van der Waals surface area contributed by atoms with Crippen LogP contribution in [-0.2, 0) is 0 Å². The zero-order valence-electron chi connectivity index (χ0n) is 13.0. The van der Waals surface area contributed by atoms with Gasteiger partial charge in [-0.25, -0.2) is 0 Å². The van der Waals surface area contributed by atoms with E-state index >= 15 is 0 Å². The van der Waals surface area contributed by atoms with Crippen LogP contribution >= 0.6 is 0 Å². The van der Waals surface area contributed by atoms with E-state index in [9.17, 15) is 0 Å². The summed E-state index contributed by atoms with van der Waals surface area (Å²) in [6.45, 7) is 7.24. The van der Waals surface area contributed by atoms with E-state index in [1.54, 1.807) is 0 Å². The summed E-state index contributed by atoms with van der Waals surface area (Å²) < 4.78 is 0. The van der Waals surface area contributed by atoms with Crippen LogP contribution in [0.15, 0.2) is 24.3 Å². The summed E-state index contributed by atoms with van der Waals surface area (Å²) in [6.07, 6.45) is 8.07. The smallest absolute Gasteiger partial charge is 0.0602 e. The molecule has 1 saturated carbocycles. The van der Waals surface area contributed by atoms with E-state index in [-0.39, 0.29) is 0 Å². The molecule has 1 unspecified atom stereocenters. The maximum atomic E-state index is 3.86. The van der Waals surface area contributed by atoms with Gasteiger partial charge in [-0.3, -0.25) is 0 Å². The van der Waals surface area contributed by atoms with E-state index in [0.29, 0.717) is 11.5 Å². The van der Waals surface area contributed by atoms with Gasteiger partial charge in [0, 0.05) is 19.1 Å². The highest BCUT2D eigenvalue weighted by molar-refractivity contribution is 5.70. The highest BCUT2D eigenvalue weighted by Gasteiger charge is 2.34. The Bertz CT molecular complexity index is 446. The van der Waals surface area contributed by atoms with Crippen molar-refractivity contribution in [2.24, 2.45) is 5.41 Å². The number of nitrogens with one attached hydrogen (secondary N) is 1. The maximum Gasteiger partial charge on any atom is 0.0602 e. The molecule has 1 aliphatic heterocycles. The molecule has 3 rings (SSSR count). The molecule has 20 heavy (non-hydrogen) atoms. The van der Waals surface area contributed by atoms with Crippen molar-refractivity contribution in [1.82, 2.24) is 0 Å². The fourth-order valence-electron chi connectivity index (χ4n) is 3.79. The third-order valence-corrected chi connectivity index (χ3v) is 5.19. The van der Waals surface area contributed by atoms with E-state index in [2.05, 4.69) is 48.3 Å². The minimum absolute atomic E-state index is 0.426. The van der Waals surface area contributed by atoms with Crippen LogP contribution < -0.4 is 10.2 Å². The average molecular weight is 272 g/mol. The van der Waals surface area contributed by atoms with Crippen LogP contribution in [0.3, 0.4) is 0 Å². The zero-order valence-corrected chi connectivity index (χ0v) is 13.0. The molecule has 1 atom stereocenters. The number of para-hydroxylation sites is 2. The van der Waals surface area contributed by atoms with Crippen molar-refractivity contribution in [2.45, 2.75) is 58.4 Å². The van der Waals surface area contributed by atoms with Gasteiger partial charge in [0.25, 0.3) is 0 Å². The number of piperidine rings is 1. The molecule has 2 heteroatoms. The summed E-state index contributed by atoms with van der Waals surface area (Å²) in [6, 6.07) is 9.51. The summed E-state index contributed by atoms with van der Waals surface area (Å²) >= 11 is 0. The molecular weight excluding hydrogens is 244 g/mol. The summed E-state index contributed by atoms with van der Waals surface area (Å²) in [5, 5.41) is 3.86. The normalized spacial score (nSPS) is 25.7. The lowest BCUT2D eigenvalue weighted by atomic mass is 9.87. The Labute approximate surface area is 123 Å². The highest BCUT2D eigenvalue weighted by atomic mass is 15.2. The van der Waals surface area contributed by atoms with Crippen LogP contribution in [0.1, 0.15) is 52.4 Å². The molecule has 1 aromatic carbocycles. The standard InChI is InChI=1S/C18H28N2/c1-18(2)12-8-11-17(18)19-15-9-4-5-10-16(15)20-13-6-3-7-14-20/h4-5,9-10,17,19H,3,6-8,11-14H2,1-2H3. The van der Waals surface area contributed by atoms with E-state index in [1.807, 2.05) is 0 Å². The first-order valence-electron chi connectivity index (χ1n) is 8.27. The fourth-order valence-corrected chi connectivity index (χ4v) is 3.79. The first-order valence-corrected chi connectivity index (χ1v) is 8.27. The second-order valence-electron chi connectivity index (χ2n) is 7.14. The second kappa shape index (κ2) is 5.67. The number of benzene rings is 1. The topological polar surface area (TPSA) is 15.3 Å². The third kappa shape index (κ3) is 2.79. The molecule has 0 radical (unpaired) electrons. The monoisotopic (exact) mass is 272 g/mol.